The van der Waals surface area contributed by atoms with E-state index in [-0.39, 0.29) is 0 Å². The van der Waals surface area contributed by atoms with E-state index in [1.54, 1.807) is 17.7 Å². The minimum atomic E-state index is 0.992. The fourth-order valence-electron chi connectivity index (χ4n) is 9.71. The highest BCUT2D eigenvalue weighted by atomic mass is 32.1. The van der Waals surface area contributed by atoms with Crippen LogP contribution in [0, 0.1) is 0 Å². The van der Waals surface area contributed by atoms with Gasteiger partial charge < -0.3 is 9.13 Å². The Bertz CT molecular complexity index is 3780. The van der Waals surface area contributed by atoms with Crippen LogP contribution in [0.1, 0.15) is 0 Å². The Labute approximate surface area is 330 Å². The van der Waals surface area contributed by atoms with E-state index in [1.807, 2.05) is 6.20 Å². The highest BCUT2D eigenvalue weighted by Gasteiger charge is 2.27. The smallest absolute Gasteiger partial charge is 0.127 e. The Morgan fingerprint density at radius 1 is 0.386 bits per heavy atom. The van der Waals surface area contributed by atoms with Crippen molar-refractivity contribution in [2.24, 2.45) is 0 Å². The van der Waals surface area contributed by atoms with Crippen molar-refractivity contribution in [2.45, 2.75) is 0 Å². The third-order valence-electron chi connectivity index (χ3n) is 12.0. The number of nitrogens with zero attached hydrogens (tertiary/aromatic N) is 4. The zero-order chi connectivity index (χ0) is 37.2. The van der Waals surface area contributed by atoms with E-state index < -0.39 is 0 Å². The maximum absolute atomic E-state index is 4.84. The molecule has 0 saturated carbocycles. The molecule has 0 fully saturated rings. The standard InChI is InChI=1S/C52H30N4S/c1-2-14-33(15-3-1)55-44-23-10-8-21-40(44)46-47-43-29-53-30-54-52(43)57-51(47)50-48(49(46)55)41-22-9-11-24-45(41)56(50)34-16-12-13-31(27-34)32-25-26-39-37-19-5-4-17-35(37)36-18-6-7-20-38(36)42(39)28-32/h1-30H. The summed E-state index contributed by atoms with van der Waals surface area (Å²) in [5.74, 6) is 0. The van der Waals surface area contributed by atoms with Gasteiger partial charge in [-0.1, -0.05) is 127 Å². The van der Waals surface area contributed by atoms with Crippen molar-refractivity contribution in [2.75, 3.05) is 0 Å². The van der Waals surface area contributed by atoms with Crippen LogP contribution < -0.4 is 0 Å². The second-order valence-corrected chi connectivity index (χ2v) is 15.9. The molecular formula is C52H30N4S. The fraction of sp³-hybridized carbons (Fsp3) is 0. The largest absolute Gasteiger partial charge is 0.309 e. The predicted molar refractivity (Wildman–Crippen MR) is 242 cm³/mol. The van der Waals surface area contributed by atoms with E-state index in [0.29, 0.717) is 0 Å². The van der Waals surface area contributed by atoms with Gasteiger partial charge in [-0.15, -0.1) is 11.3 Å². The third-order valence-corrected chi connectivity index (χ3v) is 13.1. The van der Waals surface area contributed by atoms with Gasteiger partial charge in [0, 0.05) is 49.9 Å². The molecule has 0 aliphatic carbocycles. The average molecular weight is 743 g/mol. The first-order chi connectivity index (χ1) is 28.3. The number of hydrogen-bond donors (Lipinski definition) is 0. The molecule has 9 aromatic carbocycles. The van der Waals surface area contributed by atoms with E-state index in [1.165, 1.54) is 97.1 Å². The molecule has 0 radical (unpaired) electrons. The number of rotatable bonds is 3. The van der Waals surface area contributed by atoms with Crippen LogP contribution >= 0.6 is 11.3 Å². The van der Waals surface area contributed by atoms with Crippen molar-refractivity contribution in [3.05, 3.63) is 182 Å². The van der Waals surface area contributed by atoms with E-state index >= 15 is 0 Å². The summed E-state index contributed by atoms with van der Waals surface area (Å²) >= 11 is 1.77. The molecule has 0 bridgehead atoms. The van der Waals surface area contributed by atoms with Crippen LogP contribution in [0.2, 0.25) is 0 Å². The molecule has 4 nitrogen and oxygen atoms in total. The Balaban J connectivity index is 1.16. The Hall–Kier alpha value is -7.34. The summed E-state index contributed by atoms with van der Waals surface area (Å²) in [5.41, 5.74) is 9.36. The predicted octanol–water partition coefficient (Wildman–Crippen LogP) is 14.2. The van der Waals surface area contributed by atoms with Crippen LogP contribution in [0.25, 0.3) is 119 Å². The molecule has 0 atom stereocenters. The van der Waals surface area contributed by atoms with Gasteiger partial charge in [-0.05, 0) is 85.9 Å². The van der Waals surface area contributed by atoms with E-state index in [4.69, 9.17) is 4.98 Å². The molecule has 0 aliphatic heterocycles. The zero-order valence-electron chi connectivity index (χ0n) is 30.5. The van der Waals surface area contributed by atoms with Crippen LogP contribution in [-0.4, -0.2) is 19.1 Å². The molecule has 57 heavy (non-hydrogen) atoms. The summed E-state index contributed by atoms with van der Waals surface area (Å²) in [6.07, 6.45) is 3.68. The van der Waals surface area contributed by atoms with Gasteiger partial charge in [0.2, 0.25) is 0 Å². The van der Waals surface area contributed by atoms with Crippen LogP contribution in [0.4, 0.5) is 0 Å². The highest BCUT2D eigenvalue weighted by molar-refractivity contribution is 7.26. The highest BCUT2D eigenvalue weighted by Crippen LogP contribution is 2.51. The number of aromatic nitrogens is 4. The van der Waals surface area contributed by atoms with Crippen molar-refractivity contribution >= 4 is 108 Å². The number of benzene rings is 9. The van der Waals surface area contributed by atoms with E-state index in [2.05, 4.69) is 184 Å². The summed E-state index contributed by atoms with van der Waals surface area (Å²) in [4.78, 5) is 10.4. The van der Waals surface area contributed by atoms with Crippen LogP contribution in [-0.2, 0) is 0 Å². The quantitative estimate of drug-likeness (QED) is 0.169. The summed E-state index contributed by atoms with van der Waals surface area (Å²) in [7, 11) is 0. The molecule has 13 rings (SSSR count). The number of fused-ring (bicyclic) bond motifs is 18. The monoisotopic (exact) mass is 742 g/mol. The molecule has 13 aromatic rings. The summed E-state index contributed by atoms with van der Waals surface area (Å²) in [5, 5.41) is 14.9. The summed E-state index contributed by atoms with van der Waals surface area (Å²) in [6.45, 7) is 0. The molecule has 5 heteroatoms. The maximum atomic E-state index is 4.84. The van der Waals surface area contributed by atoms with Gasteiger partial charge in [0.05, 0.1) is 26.8 Å². The minimum absolute atomic E-state index is 0.992. The zero-order valence-corrected chi connectivity index (χ0v) is 31.3. The minimum Gasteiger partial charge on any atom is -0.309 e. The second-order valence-electron chi connectivity index (χ2n) is 14.9. The first kappa shape index (κ1) is 30.9. The van der Waals surface area contributed by atoms with E-state index in [9.17, 15) is 0 Å². The van der Waals surface area contributed by atoms with Gasteiger partial charge in [0.15, 0.2) is 0 Å². The number of thiophene rings is 1. The average Bonchev–Trinajstić information content (AvgIpc) is 3.95. The SMILES string of the molecule is c1ccc(-n2c3ccccc3c3c4c5cncnc5sc4c4c(c5ccccc5n4-c4cccc(-c5ccc6c7ccccc7c7ccccc7c6c5)c4)c32)cc1. The molecule has 4 aromatic heterocycles. The van der Waals surface area contributed by atoms with Gasteiger partial charge in [-0.2, -0.15) is 0 Å². The number of para-hydroxylation sites is 3. The Morgan fingerprint density at radius 3 is 1.67 bits per heavy atom. The molecule has 0 unspecified atom stereocenters. The van der Waals surface area contributed by atoms with Gasteiger partial charge in [0.25, 0.3) is 0 Å². The Morgan fingerprint density at radius 2 is 0.947 bits per heavy atom. The van der Waals surface area contributed by atoms with Crippen LogP contribution in [0.3, 0.4) is 0 Å². The third kappa shape index (κ3) is 4.21. The molecular weight excluding hydrogens is 713 g/mol. The normalized spacial score (nSPS) is 12.2. The van der Waals surface area contributed by atoms with Crippen LogP contribution in [0.5, 0.6) is 0 Å². The second kappa shape index (κ2) is 11.6. The lowest BCUT2D eigenvalue weighted by Crippen LogP contribution is -1.96. The van der Waals surface area contributed by atoms with Gasteiger partial charge in [0.1, 0.15) is 11.2 Å². The molecule has 264 valence electrons. The van der Waals surface area contributed by atoms with Crippen LogP contribution in [0.15, 0.2) is 182 Å². The van der Waals surface area contributed by atoms with Crippen molar-refractivity contribution in [1.29, 1.82) is 0 Å². The molecule has 4 heterocycles. The molecule has 0 spiro atoms. The van der Waals surface area contributed by atoms with Crippen molar-refractivity contribution in [3.63, 3.8) is 0 Å². The summed E-state index contributed by atoms with van der Waals surface area (Å²) in [6, 6.07) is 62.2. The lowest BCUT2D eigenvalue weighted by molar-refractivity contribution is 1.18. The maximum Gasteiger partial charge on any atom is 0.127 e. The lowest BCUT2D eigenvalue weighted by atomic mass is 9.92. The van der Waals surface area contributed by atoms with Crippen molar-refractivity contribution in [3.8, 4) is 22.5 Å². The Kier molecular flexibility index (Phi) is 6.29. The van der Waals surface area contributed by atoms with Crippen molar-refractivity contribution in [1.82, 2.24) is 19.1 Å². The van der Waals surface area contributed by atoms with Crippen molar-refractivity contribution < 1.29 is 0 Å². The number of hydrogen-bond acceptors (Lipinski definition) is 3. The molecule has 0 amide bonds. The molecule has 0 N–H and O–H groups in total. The fourth-order valence-corrected chi connectivity index (χ4v) is 10.9. The van der Waals surface area contributed by atoms with E-state index in [0.717, 1.165) is 21.6 Å². The van der Waals surface area contributed by atoms with Gasteiger partial charge in [-0.3, -0.25) is 0 Å². The first-order valence-corrected chi connectivity index (χ1v) is 20.1. The summed E-state index contributed by atoms with van der Waals surface area (Å²) < 4.78 is 6.18. The lowest BCUT2D eigenvalue weighted by Gasteiger charge is -2.14. The topological polar surface area (TPSA) is 35.6 Å². The molecule has 0 aliphatic rings. The van der Waals surface area contributed by atoms with Gasteiger partial charge in [-0.25, -0.2) is 9.97 Å². The molecule has 0 saturated heterocycles. The first-order valence-electron chi connectivity index (χ1n) is 19.3. The van der Waals surface area contributed by atoms with Gasteiger partial charge >= 0.3 is 0 Å².